The minimum atomic E-state index is -2.06. The Morgan fingerprint density at radius 1 is 0.976 bits per heavy atom. The molecule has 41 heavy (non-hydrogen) atoms. The van der Waals surface area contributed by atoms with Crippen LogP contribution < -0.4 is 4.74 Å². The van der Waals surface area contributed by atoms with Gasteiger partial charge in [-0.05, 0) is 81.1 Å². The fraction of sp³-hybridized carbons (Fsp3) is 0.727. The van der Waals surface area contributed by atoms with E-state index >= 15 is 0 Å². The summed E-state index contributed by atoms with van der Waals surface area (Å²) in [6.45, 7) is 13.1. The molecular formula is C33H52O7Si. The third kappa shape index (κ3) is 9.47. The van der Waals surface area contributed by atoms with Crippen molar-refractivity contribution in [2.75, 3.05) is 19.8 Å². The van der Waals surface area contributed by atoms with Gasteiger partial charge in [0.15, 0.2) is 20.9 Å². The Labute approximate surface area is 248 Å². The highest BCUT2D eigenvalue weighted by molar-refractivity contribution is 6.74. The Bertz CT molecular complexity index is 935. The van der Waals surface area contributed by atoms with Crippen LogP contribution in [0.2, 0.25) is 18.1 Å². The lowest BCUT2D eigenvalue weighted by Gasteiger charge is -2.40. The summed E-state index contributed by atoms with van der Waals surface area (Å²) in [6, 6.07) is 9.80. The molecule has 1 aromatic rings. The number of rotatable bonds is 13. The number of benzene rings is 1. The van der Waals surface area contributed by atoms with E-state index in [0.717, 1.165) is 63.6 Å². The predicted octanol–water partition coefficient (Wildman–Crippen LogP) is 7.06. The molecule has 2 heterocycles. The minimum Gasteiger partial charge on any atom is -0.491 e. The molecule has 0 amide bonds. The molecule has 8 heteroatoms. The second-order valence-corrected chi connectivity index (χ2v) is 18.0. The number of carbonyl (C=O) groups is 1. The van der Waals surface area contributed by atoms with Crippen LogP contribution in [0.25, 0.3) is 0 Å². The standard InChI is InChI=1S/C33H52O7Si/c1-33(2,3)41(4,5)40-30-23-29(39-32-16-10-12-22-36-32)27(28(30)19-20-34)18-17-26(38-31-15-9-11-21-35-31)24-37-25-13-7-6-8-14-25/h6-8,13-14,17-18,20,26-32H,9-12,15-16,19,21-24H2,1-5H3/b18-17+/t26-,27-,28-,29-,30+,31?,32?/m1/s1. The zero-order valence-electron chi connectivity index (χ0n) is 25.8. The van der Waals surface area contributed by atoms with Gasteiger partial charge in [-0.3, -0.25) is 0 Å². The molecule has 3 aliphatic rings. The van der Waals surface area contributed by atoms with Crippen molar-refractivity contribution in [1.29, 1.82) is 0 Å². The molecule has 1 aromatic carbocycles. The van der Waals surface area contributed by atoms with Crippen molar-refractivity contribution in [2.45, 2.75) is 121 Å². The quantitative estimate of drug-likeness (QED) is 0.139. The summed E-state index contributed by atoms with van der Waals surface area (Å²) >= 11 is 0. The Morgan fingerprint density at radius 3 is 2.27 bits per heavy atom. The fourth-order valence-electron chi connectivity index (χ4n) is 5.72. The summed E-state index contributed by atoms with van der Waals surface area (Å²) in [6.07, 6.45) is 11.7. The first kappa shape index (κ1) is 32.4. The van der Waals surface area contributed by atoms with Crippen LogP contribution in [0.5, 0.6) is 5.75 Å². The summed E-state index contributed by atoms with van der Waals surface area (Å²) in [5.41, 5.74) is 0. The van der Waals surface area contributed by atoms with E-state index in [0.29, 0.717) is 19.6 Å². The Hall–Kier alpha value is -1.55. The van der Waals surface area contributed by atoms with Crippen molar-refractivity contribution in [2.24, 2.45) is 11.8 Å². The molecule has 2 unspecified atom stereocenters. The molecule has 4 rings (SSSR count). The molecule has 7 atom stereocenters. The molecule has 0 radical (unpaired) electrons. The molecule has 7 nitrogen and oxygen atoms in total. The van der Waals surface area contributed by atoms with E-state index in [1.54, 1.807) is 0 Å². The van der Waals surface area contributed by atoms with Gasteiger partial charge in [0.05, 0.1) is 12.2 Å². The molecule has 1 saturated carbocycles. The number of aldehydes is 1. The van der Waals surface area contributed by atoms with E-state index < -0.39 is 8.32 Å². The molecule has 0 spiro atoms. The van der Waals surface area contributed by atoms with Crippen molar-refractivity contribution in [3.63, 3.8) is 0 Å². The van der Waals surface area contributed by atoms with E-state index in [9.17, 15) is 4.79 Å². The van der Waals surface area contributed by atoms with E-state index in [2.05, 4.69) is 46.0 Å². The molecule has 2 aliphatic heterocycles. The number of hydrogen-bond acceptors (Lipinski definition) is 7. The molecule has 0 bridgehead atoms. The number of hydrogen-bond donors (Lipinski definition) is 0. The van der Waals surface area contributed by atoms with Crippen molar-refractivity contribution >= 4 is 14.6 Å². The van der Waals surface area contributed by atoms with Gasteiger partial charge in [-0.25, -0.2) is 0 Å². The summed E-state index contributed by atoms with van der Waals surface area (Å²) in [4.78, 5) is 12.0. The molecule has 0 aromatic heterocycles. The monoisotopic (exact) mass is 588 g/mol. The Morgan fingerprint density at radius 2 is 1.66 bits per heavy atom. The van der Waals surface area contributed by atoms with Gasteiger partial charge in [-0.15, -0.1) is 0 Å². The number of ether oxygens (including phenoxy) is 5. The predicted molar refractivity (Wildman–Crippen MR) is 162 cm³/mol. The average molecular weight is 589 g/mol. The normalized spacial score (nSPS) is 30.4. The lowest BCUT2D eigenvalue weighted by molar-refractivity contribution is -0.193. The Balaban J connectivity index is 1.55. The molecule has 2 saturated heterocycles. The highest BCUT2D eigenvalue weighted by Gasteiger charge is 2.48. The second kappa shape index (κ2) is 15.3. The van der Waals surface area contributed by atoms with Crippen LogP contribution in [-0.4, -0.2) is 65.3 Å². The topological polar surface area (TPSA) is 72.5 Å². The SMILES string of the molecule is CC(C)(C)[Si](C)(C)O[C@H]1C[C@@H](OC2CCCCO2)[C@H](/C=C/[C@H](COc2ccccc2)OC2CCCCO2)[C@H]1CC=O. The van der Waals surface area contributed by atoms with Gasteiger partial charge in [0, 0.05) is 25.6 Å². The van der Waals surface area contributed by atoms with E-state index in [1.165, 1.54) is 0 Å². The first-order chi connectivity index (χ1) is 19.7. The smallest absolute Gasteiger partial charge is 0.192 e. The highest BCUT2D eigenvalue weighted by atomic mass is 28.4. The van der Waals surface area contributed by atoms with Gasteiger partial charge in [0.25, 0.3) is 0 Å². The molecule has 0 N–H and O–H groups in total. The van der Waals surface area contributed by atoms with Gasteiger partial charge >= 0.3 is 0 Å². The van der Waals surface area contributed by atoms with E-state index in [-0.39, 0.29) is 47.8 Å². The average Bonchev–Trinajstić information content (AvgIpc) is 3.25. The maximum Gasteiger partial charge on any atom is 0.192 e. The first-order valence-corrected chi connectivity index (χ1v) is 18.6. The largest absolute Gasteiger partial charge is 0.491 e. The summed E-state index contributed by atoms with van der Waals surface area (Å²) in [5.74, 6) is 0.820. The van der Waals surface area contributed by atoms with Crippen LogP contribution in [-0.2, 0) is 28.2 Å². The summed E-state index contributed by atoms with van der Waals surface area (Å²) in [7, 11) is -2.06. The van der Waals surface area contributed by atoms with Crippen LogP contribution >= 0.6 is 0 Å². The van der Waals surface area contributed by atoms with Crippen LogP contribution in [0.4, 0.5) is 0 Å². The van der Waals surface area contributed by atoms with Gasteiger partial charge in [-0.2, -0.15) is 0 Å². The van der Waals surface area contributed by atoms with Gasteiger partial charge in [0.1, 0.15) is 24.7 Å². The second-order valence-electron chi connectivity index (χ2n) is 13.2. The zero-order chi connectivity index (χ0) is 29.3. The van der Waals surface area contributed by atoms with Gasteiger partial charge in [0.2, 0.25) is 0 Å². The molecule has 3 fully saturated rings. The van der Waals surface area contributed by atoms with Gasteiger partial charge in [-0.1, -0.05) is 51.1 Å². The third-order valence-corrected chi connectivity index (χ3v) is 13.6. The lowest BCUT2D eigenvalue weighted by atomic mass is 9.90. The lowest BCUT2D eigenvalue weighted by Crippen LogP contribution is -2.45. The van der Waals surface area contributed by atoms with Crippen LogP contribution in [0.15, 0.2) is 42.5 Å². The first-order valence-electron chi connectivity index (χ1n) is 15.7. The summed E-state index contributed by atoms with van der Waals surface area (Å²) < 4.78 is 38.0. The van der Waals surface area contributed by atoms with Gasteiger partial charge < -0.3 is 32.9 Å². The summed E-state index contributed by atoms with van der Waals surface area (Å²) in [5, 5.41) is 0.0726. The maximum absolute atomic E-state index is 12.0. The minimum absolute atomic E-state index is 0.00408. The van der Waals surface area contributed by atoms with Crippen LogP contribution in [0, 0.1) is 11.8 Å². The van der Waals surface area contributed by atoms with Crippen molar-refractivity contribution in [3.8, 4) is 5.75 Å². The molecule has 1 aliphatic carbocycles. The third-order valence-electron chi connectivity index (χ3n) is 9.12. The number of para-hydroxylation sites is 1. The van der Waals surface area contributed by atoms with E-state index in [4.69, 9.17) is 28.1 Å². The highest BCUT2D eigenvalue weighted by Crippen LogP contribution is 2.45. The molecule has 230 valence electrons. The maximum atomic E-state index is 12.0. The van der Waals surface area contributed by atoms with Crippen molar-refractivity contribution in [3.05, 3.63) is 42.5 Å². The van der Waals surface area contributed by atoms with Crippen molar-refractivity contribution in [1.82, 2.24) is 0 Å². The van der Waals surface area contributed by atoms with Crippen LogP contribution in [0.1, 0.15) is 72.1 Å². The van der Waals surface area contributed by atoms with E-state index in [1.807, 2.05) is 30.3 Å². The van der Waals surface area contributed by atoms with Crippen LogP contribution in [0.3, 0.4) is 0 Å². The number of carbonyl (C=O) groups excluding carboxylic acids is 1. The fourth-order valence-corrected chi connectivity index (χ4v) is 7.10. The Kier molecular flexibility index (Phi) is 12.0. The zero-order valence-corrected chi connectivity index (χ0v) is 26.8. The van der Waals surface area contributed by atoms with Crippen molar-refractivity contribution < 1.29 is 32.9 Å². The molecular weight excluding hydrogens is 536 g/mol.